The second-order valence-corrected chi connectivity index (χ2v) is 16.0. The van der Waals surface area contributed by atoms with Crippen molar-refractivity contribution in [3.8, 4) is 51.0 Å². The molecule has 3 aliphatic rings. The number of aromatic amines is 2. The number of nitrogens with zero attached hydrogens (tertiary/aromatic N) is 3. The number of aromatic carboxylic acids is 1. The maximum absolute atomic E-state index is 13.2. The molecule has 0 unspecified atom stereocenters. The number of phenolic OH excluding ortho intramolecular Hbond substituents is 1. The number of hydroxylamine groups is 2. The third-order valence-electron chi connectivity index (χ3n) is 10.9. The lowest BCUT2D eigenvalue weighted by atomic mass is 9.79. The highest BCUT2D eigenvalue weighted by Crippen LogP contribution is 2.43. The largest absolute Gasteiger partial charge is 0.508 e. The average Bonchev–Trinajstić information content (AvgIpc) is 3.79. The van der Waals surface area contributed by atoms with Crippen molar-refractivity contribution >= 4 is 44.9 Å². The van der Waals surface area contributed by atoms with E-state index in [4.69, 9.17) is 14.4 Å². The topological polar surface area (TPSA) is 197 Å². The molecule has 0 spiro atoms. The number of hydrogen-bond donors (Lipinski definition) is 5. The summed E-state index contributed by atoms with van der Waals surface area (Å²) in [4.78, 5) is 54.5. The Labute approximate surface area is 324 Å². The van der Waals surface area contributed by atoms with Crippen molar-refractivity contribution in [2.24, 2.45) is 0 Å². The summed E-state index contributed by atoms with van der Waals surface area (Å²) in [7, 11) is 0. The fourth-order valence-electron chi connectivity index (χ4n) is 8.43. The Morgan fingerprint density at radius 1 is 0.789 bits per heavy atom. The Morgan fingerprint density at radius 2 is 1.46 bits per heavy atom. The summed E-state index contributed by atoms with van der Waals surface area (Å²) in [6, 6.07) is 24.9. The molecule has 57 heavy (non-hydrogen) atoms. The molecule has 1 amide bonds. The summed E-state index contributed by atoms with van der Waals surface area (Å²) in [5, 5.41) is 38.2. The van der Waals surface area contributed by atoms with Crippen LogP contribution in [0.3, 0.4) is 0 Å². The molecular weight excluding hydrogens is 725 g/mol. The zero-order valence-electron chi connectivity index (χ0n) is 31.4. The summed E-state index contributed by atoms with van der Waals surface area (Å²) in [5.74, 6) is -0.00260. The Balaban J connectivity index is 1.02. The first-order chi connectivity index (χ1) is 27.1. The molecule has 0 atom stereocenters. The molecule has 13 nitrogen and oxygen atoms in total. The zero-order chi connectivity index (χ0) is 40.0. The van der Waals surface area contributed by atoms with Crippen LogP contribution in [0, 0.1) is 0 Å². The molecule has 2 aromatic heterocycles. The summed E-state index contributed by atoms with van der Waals surface area (Å²) in [5.41, 5.74) is 4.83. The molecule has 4 aromatic carbocycles. The Hall–Kier alpha value is -6.83. The molecule has 1 saturated heterocycles. The first-order valence-electron chi connectivity index (χ1n) is 18.5. The molecule has 2 aliphatic heterocycles. The minimum absolute atomic E-state index is 0.0143. The molecule has 1 aliphatic carbocycles. The first kappa shape index (κ1) is 35.8. The van der Waals surface area contributed by atoms with Gasteiger partial charge in [0.1, 0.15) is 28.7 Å². The van der Waals surface area contributed by atoms with Gasteiger partial charge in [-0.3, -0.25) is 9.59 Å². The highest BCUT2D eigenvalue weighted by Gasteiger charge is 2.46. The van der Waals surface area contributed by atoms with Crippen molar-refractivity contribution in [2.75, 3.05) is 0 Å². The van der Waals surface area contributed by atoms with Gasteiger partial charge >= 0.3 is 5.97 Å². The van der Waals surface area contributed by atoms with Crippen molar-refractivity contribution in [1.82, 2.24) is 30.3 Å². The van der Waals surface area contributed by atoms with Crippen LogP contribution in [0.4, 0.5) is 0 Å². The number of carbonyl (C=O) groups is 2. The van der Waals surface area contributed by atoms with E-state index in [-0.39, 0.29) is 40.0 Å². The predicted molar refractivity (Wildman–Crippen MR) is 215 cm³/mol. The van der Waals surface area contributed by atoms with Crippen molar-refractivity contribution in [3.63, 3.8) is 0 Å². The Bertz CT molecular complexity index is 2940. The van der Waals surface area contributed by atoms with E-state index in [9.17, 15) is 29.8 Å². The number of phenols is 1. The van der Waals surface area contributed by atoms with Crippen LogP contribution in [0.2, 0.25) is 0 Å². The van der Waals surface area contributed by atoms with Crippen molar-refractivity contribution < 1.29 is 29.4 Å². The molecule has 285 valence electrons. The fraction of sp³-hybridized carbons (Fsp3) is 0.205. The zero-order valence-corrected chi connectivity index (χ0v) is 31.4. The average molecular weight is 762 g/mol. The molecule has 1 fully saturated rings. The van der Waals surface area contributed by atoms with Gasteiger partial charge in [-0.2, -0.15) is 0 Å². The van der Waals surface area contributed by atoms with Crippen LogP contribution in [0.1, 0.15) is 61.3 Å². The number of aromatic nitrogens is 4. The van der Waals surface area contributed by atoms with Crippen LogP contribution in [0.15, 0.2) is 100 Å². The number of hydrogen-bond acceptors (Lipinski definition) is 8. The number of imidazole rings is 2. The molecule has 1 radical (unpaired) electrons. The van der Waals surface area contributed by atoms with Gasteiger partial charge in [-0.1, -0.05) is 12.1 Å². The first-order valence-corrected chi connectivity index (χ1v) is 18.5. The van der Waals surface area contributed by atoms with Gasteiger partial charge in [0.2, 0.25) is 0 Å². The highest BCUT2D eigenvalue weighted by atomic mass is 16.5. The fourth-order valence-corrected chi connectivity index (χ4v) is 8.43. The van der Waals surface area contributed by atoms with E-state index in [1.165, 1.54) is 24.3 Å². The highest BCUT2D eigenvalue weighted by molar-refractivity contribution is 6.10. The SMILES string of the molecule is CC1(C)CC(NC(=O)c2ccc(-c3nc4ccc(-c5nc6cc(-c7c8ccc(=O)cc-8oc8cc(O)ccc78)c(C(=O)O)cc6[nH]5)cc4[nH]3)cc2)CC(C)(C)N1[O]. The van der Waals surface area contributed by atoms with Gasteiger partial charge in [0, 0.05) is 62.5 Å². The van der Waals surface area contributed by atoms with Crippen molar-refractivity contribution in [3.05, 3.63) is 112 Å². The normalized spacial score (nSPS) is 15.8. The molecule has 0 bridgehead atoms. The molecule has 0 saturated carbocycles. The molecule has 5 N–H and O–H groups in total. The summed E-state index contributed by atoms with van der Waals surface area (Å²) in [6.45, 7) is 7.62. The quantitative estimate of drug-likeness (QED) is 0.104. The van der Waals surface area contributed by atoms with Gasteiger partial charge in [-0.25, -0.2) is 14.8 Å². The summed E-state index contributed by atoms with van der Waals surface area (Å²) < 4.78 is 5.98. The van der Waals surface area contributed by atoms with Gasteiger partial charge < -0.3 is 29.9 Å². The van der Waals surface area contributed by atoms with Crippen LogP contribution in [-0.4, -0.2) is 64.2 Å². The standard InChI is InChI=1S/C44H37N6O7/c1-43(2)20-25(21-44(3,4)50(43)56)45-41(53)23-7-5-22(6-8-23)39-46-32-14-9-24(15-33(32)47-39)40-48-34-18-30(31(42(54)55)19-35(34)49-40)38-28-12-10-26(51)16-36(28)57-37-17-27(52)11-13-29(37)38/h5-19,25,51H,20-21H2,1-4H3,(H,45,53)(H,46,47)(H,48,49)(H,54,55). The van der Waals surface area contributed by atoms with E-state index < -0.39 is 17.0 Å². The van der Waals surface area contributed by atoms with E-state index >= 15 is 0 Å². The smallest absolute Gasteiger partial charge is 0.336 e. The van der Waals surface area contributed by atoms with E-state index in [0.717, 1.165) is 27.2 Å². The molecule has 9 rings (SSSR count). The number of carbonyl (C=O) groups excluding carboxylic acids is 1. The number of fused-ring (bicyclic) bond motifs is 4. The van der Waals surface area contributed by atoms with E-state index in [1.54, 1.807) is 36.4 Å². The number of H-pyrrole nitrogens is 2. The minimum atomic E-state index is -1.15. The maximum Gasteiger partial charge on any atom is 0.336 e. The lowest BCUT2D eigenvalue weighted by Gasteiger charge is -2.50. The lowest BCUT2D eigenvalue weighted by molar-refractivity contribution is -0.289. The van der Waals surface area contributed by atoms with Gasteiger partial charge in [-0.05, 0) is 113 Å². The van der Waals surface area contributed by atoms with Gasteiger partial charge in [0.25, 0.3) is 5.91 Å². The number of piperidine rings is 1. The maximum atomic E-state index is 13.2. The number of carboxylic acid groups (broad SMARTS) is 1. The number of rotatable bonds is 6. The van der Waals surface area contributed by atoms with Crippen LogP contribution < -0.4 is 10.7 Å². The molecule has 13 heteroatoms. The number of benzene rings is 5. The number of amides is 1. The predicted octanol–water partition coefficient (Wildman–Crippen LogP) is 8.15. The molecule has 4 heterocycles. The second kappa shape index (κ2) is 12.9. The monoisotopic (exact) mass is 761 g/mol. The Kier molecular flexibility index (Phi) is 8.09. The van der Waals surface area contributed by atoms with Crippen molar-refractivity contribution in [1.29, 1.82) is 0 Å². The number of aromatic hydroxyl groups is 1. The van der Waals surface area contributed by atoms with Crippen LogP contribution in [-0.2, 0) is 5.21 Å². The third-order valence-corrected chi connectivity index (χ3v) is 10.9. The van der Waals surface area contributed by atoms with Crippen LogP contribution in [0.5, 0.6) is 5.75 Å². The van der Waals surface area contributed by atoms with Gasteiger partial charge in [0.05, 0.1) is 27.6 Å². The lowest BCUT2D eigenvalue weighted by Crippen LogP contribution is -2.62. The minimum Gasteiger partial charge on any atom is -0.508 e. The van der Waals surface area contributed by atoms with Gasteiger partial charge in [-0.15, -0.1) is 10.3 Å². The van der Waals surface area contributed by atoms with E-state index in [1.807, 2.05) is 58.0 Å². The van der Waals surface area contributed by atoms with E-state index in [0.29, 0.717) is 63.2 Å². The molecule has 6 aromatic rings. The Morgan fingerprint density at radius 3 is 2.18 bits per heavy atom. The van der Waals surface area contributed by atoms with Crippen LogP contribution >= 0.6 is 0 Å². The molecular formula is C44H37N6O7. The summed E-state index contributed by atoms with van der Waals surface area (Å²) in [6.07, 6.45) is 1.11. The number of carboxylic acids is 1. The van der Waals surface area contributed by atoms with Gasteiger partial charge in [0.15, 0.2) is 5.43 Å². The number of nitrogens with one attached hydrogen (secondary N) is 3. The second-order valence-electron chi connectivity index (χ2n) is 16.0. The summed E-state index contributed by atoms with van der Waals surface area (Å²) >= 11 is 0. The van der Waals surface area contributed by atoms with Crippen LogP contribution in [0.25, 0.3) is 78.3 Å². The van der Waals surface area contributed by atoms with Crippen molar-refractivity contribution in [2.45, 2.75) is 57.7 Å². The van der Waals surface area contributed by atoms with E-state index in [2.05, 4.69) is 15.3 Å². The third kappa shape index (κ3) is 6.26.